The molecule has 0 atom stereocenters. The highest BCUT2D eigenvalue weighted by Gasteiger charge is 2.35. The zero-order chi connectivity index (χ0) is 14.4. The Morgan fingerprint density at radius 3 is 2.45 bits per heavy atom. The first-order valence-corrected chi connectivity index (χ1v) is 6.44. The largest absolute Gasteiger partial charge is 0.497 e. The minimum atomic E-state index is -1.28. The van der Waals surface area contributed by atoms with Crippen LogP contribution in [0.4, 0.5) is 0 Å². The maximum atomic E-state index is 11.2. The fourth-order valence-electron chi connectivity index (χ4n) is 1.79. The van der Waals surface area contributed by atoms with Gasteiger partial charge in [-0.1, -0.05) is 18.2 Å². The lowest BCUT2D eigenvalue weighted by Gasteiger charge is -2.32. The normalized spacial score (nSPS) is 18.4. The predicted octanol–water partition coefficient (Wildman–Crippen LogP) is 2.01. The maximum Gasteiger partial charge on any atom is 0.305 e. The third-order valence-electron chi connectivity index (χ3n) is 2.81. The summed E-state index contributed by atoms with van der Waals surface area (Å²) in [5, 5.41) is 0. The molecule has 108 valence electrons. The molecule has 20 heavy (non-hydrogen) atoms. The van der Waals surface area contributed by atoms with Gasteiger partial charge in [-0.2, -0.15) is 0 Å². The Bertz CT molecular complexity index is 468. The second-order valence-electron chi connectivity index (χ2n) is 4.26. The molecule has 0 spiro atoms. The van der Waals surface area contributed by atoms with Crippen LogP contribution in [0.2, 0.25) is 0 Å². The lowest BCUT2D eigenvalue weighted by atomic mass is 10.2. The quantitative estimate of drug-likeness (QED) is 0.824. The molecule has 2 rings (SSSR count). The Balaban J connectivity index is 2.10. The molecule has 0 unspecified atom stereocenters. The van der Waals surface area contributed by atoms with E-state index in [9.17, 15) is 4.79 Å². The molecule has 1 fully saturated rings. The summed E-state index contributed by atoms with van der Waals surface area (Å²) in [7, 11) is 1.62. The van der Waals surface area contributed by atoms with E-state index in [2.05, 4.69) is 0 Å². The van der Waals surface area contributed by atoms with Crippen molar-refractivity contribution in [3.63, 3.8) is 0 Å². The van der Waals surface area contributed by atoms with Gasteiger partial charge in [0.15, 0.2) is 5.78 Å². The van der Waals surface area contributed by atoms with E-state index in [0.29, 0.717) is 6.61 Å². The molecule has 1 aromatic carbocycles. The standard InChI is InChI=1S/C15H18O5/c1-3-18-15(19-10-13(16)11-20-15)9-8-12-4-6-14(17-2)7-5-12/h4-9H,3,10-11H2,1-2H3. The highest BCUT2D eigenvalue weighted by Crippen LogP contribution is 2.23. The molecular weight excluding hydrogens is 260 g/mol. The predicted molar refractivity (Wildman–Crippen MR) is 73.3 cm³/mol. The van der Waals surface area contributed by atoms with Crippen molar-refractivity contribution in [2.75, 3.05) is 26.9 Å². The molecule has 1 aromatic rings. The lowest BCUT2D eigenvalue weighted by Crippen LogP contribution is -2.45. The minimum Gasteiger partial charge on any atom is -0.497 e. The van der Waals surface area contributed by atoms with E-state index in [4.69, 9.17) is 18.9 Å². The summed E-state index contributed by atoms with van der Waals surface area (Å²) in [6, 6.07) is 7.53. The average molecular weight is 278 g/mol. The molecule has 1 saturated heterocycles. The summed E-state index contributed by atoms with van der Waals surface area (Å²) >= 11 is 0. The first kappa shape index (κ1) is 14.7. The van der Waals surface area contributed by atoms with Crippen molar-refractivity contribution in [2.45, 2.75) is 12.9 Å². The van der Waals surface area contributed by atoms with Gasteiger partial charge in [0.25, 0.3) is 0 Å². The number of ketones is 1. The number of benzene rings is 1. The molecule has 0 bridgehead atoms. The van der Waals surface area contributed by atoms with E-state index in [-0.39, 0.29) is 19.0 Å². The topological polar surface area (TPSA) is 54.0 Å². The number of carbonyl (C=O) groups is 1. The van der Waals surface area contributed by atoms with Gasteiger partial charge < -0.3 is 18.9 Å². The van der Waals surface area contributed by atoms with Crippen LogP contribution in [0.3, 0.4) is 0 Å². The van der Waals surface area contributed by atoms with Crippen LogP contribution in [0, 0.1) is 0 Å². The number of hydrogen-bond acceptors (Lipinski definition) is 5. The third kappa shape index (κ3) is 3.66. The van der Waals surface area contributed by atoms with E-state index in [0.717, 1.165) is 11.3 Å². The summed E-state index contributed by atoms with van der Waals surface area (Å²) in [5.41, 5.74) is 0.953. The van der Waals surface area contributed by atoms with Gasteiger partial charge in [0.2, 0.25) is 0 Å². The first-order valence-electron chi connectivity index (χ1n) is 6.44. The van der Waals surface area contributed by atoms with Crippen LogP contribution < -0.4 is 4.74 Å². The Labute approximate surface area is 118 Å². The van der Waals surface area contributed by atoms with Crippen molar-refractivity contribution in [3.8, 4) is 5.75 Å². The van der Waals surface area contributed by atoms with E-state index < -0.39 is 5.97 Å². The average Bonchev–Trinajstić information content (AvgIpc) is 2.49. The van der Waals surface area contributed by atoms with Crippen molar-refractivity contribution in [1.82, 2.24) is 0 Å². The van der Waals surface area contributed by atoms with Crippen molar-refractivity contribution < 1.29 is 23.7 Å². The summed E-state index contributed by atoms with van der Waals surface area (Å²) < 4.78 is 21.3. The number of carbonyl (C=O) groups excluding carboxylic acids is 1. The highest BCUT2D eigenvalue weighted by molar-refractivity contribution is 5.81. The van der Waals surface area contributed by atoms with Crippen LogP contribution >= 0.6 is 0 Å². The monoisotopic (exact) mass is 278 g/mol. The van der Waals surface area contributed by atoms with Crippen LogP contribution in [-0.2, 0) is 19.0 Å². The van der Waals surface area contributed by atoms with E-state index >= 15 is 0 Å². The Hall–Kier alpha value is -1.69. The zero-order valence-corrected chi connectivity index (χ0v) is 11.6. The summed E-state index contributed by atoms with van der Waals surface area (Å²) in [6.07, 6.45) is 3.50. The number of Topliss-reactive ketones (excluding diaryl/α,β-unsaturated/α-hetero) is 1. The van der Waals surface area contributed by atoms with E-state index in [1.807, 2.05) is 37.3 Å². The van der Waals surface area contributed by atoms with Gasteiger partial charge in [-0.15, -0.1) is 0 Å². The number of hydrogen-bond donors (Lipinski definition) is 0. The summed E-state index contributed by atoms with van der Waals surface area (Å²) in [5.74, 6) is -0.585. The fourth-order valence-corrected chi connectivity index (χ4v) is 1.79. The molecule has 0 radical (unpaired) electrons. The Morgan fingerprint density at radius 1 is 1.25 bits per heavy atom. The molecule has 5 heteroatoms. The summed E-state index contributed by atoms with van der Waals surface area (Å²) in [4.78, 5) is 11.2. The number of methoxy groups -OCH3 is 1. The van der Waals surface area contributed by atoms with Crippen molar-refractivity contribution in [2.24, 2.45) is 0 Å². The van der Waals surface area contributed by atoms with Crippen LogP contribution in [0.5, 0.6) is 5.75 Å². The zero-order valence-electron chi connectivity index (χ0n) is 11.6. The van der Waals surface area contributed by atoms with Crippen LogP contribution in [0.1, 0.15) is 12.5 Å². The van der Waals surface area contributed by atoms with Gasteiger partial charge in [0.05, 0.1) is 7.11 Å². The molecule has 1 aliphatic heterocycles. The van der Waals surface area contributed by atoms with Crippen LogP contribution in [-0.4, -0.2) is 38.7 Å². The second kappa shape index (κ2) is 6.65. The van der Waals surface area contributed by atoms with Gasteiger partial charge in [-0.05, 0) is 24.6 Å². The fraction of sp³-hybridized carbons (Fsp3) is 0.400. The highest BCUT2D eigenvalue weighted by atomic mass is 16.9. The van der Waals surface area contributed by atoms with Gasteiger partial charge in [0, 0.05) is 12.7 Å². The van der Waals surface area contributed by atoms with Crippen molar-refractivity contribution >= 4 is 11.9 Å². The molecule has 0 aliphatic carbocycles. The molecular formula is C15H18O5. The van der Waals surface area contributed by atoms with E-state index in [1.54, 1.807) is 13.2 Å². The summed E-state index contributed by atoms with van der Waals surface area (Å²) in [6.45, 7) is 2.24. The Kier molecular flexibility index (Phi) is 4.89. The van der Waals surface area contributed by atoms with Crippen LogP contribution in [0.15, 0.2) is 30.3 Å². The first-order chi connectivity index (χ1) is 9.67. The molecule has 5 nitrogen and oxygen atoms in total. The van der Waals surface area contributed by atoms with Crippen molar-refractivity contribution in [3.05, 3.63) is 35.9 Å². The van der Waals surface area contributed by atoms with Gasteiger partial charge in [0.1, 0.15) is 19.0 Å². The van der Waals surface area contributed by atoms with E-state index in [1.165, 1.54) is 0 Å². The van der Waals surface area contributed by atoms with Gasteiger partial charge >= 0.3 is 5.97 Å². The smallest absolute Gasteiger partial charge is 0.305 e. The third-order valence-corrected chi connectivity index (χ3v) is 2.81. The Morgan fingerprint density at radius 2 is 1.90 bits per heavy atom. The lowest BCUT2D eigenvalue weighted by molar-refractivity contribution is -0.354. The van der Waals surface area contributed by atoms with Gasteiger partial charge in [-0.3, -0.25) is 4.79 Å². The molecule has 1 heterocycles. The SMILES string of the molecule is CCOC1(C=Cc2ccc(OC)cc2)OCC(=O)CO1. The number of ether oxygens (including phenoxy) is 4. The molecule has 1 aliphatic rings. The molecule has 0 N–H and O–H groups in total. The van der Waals surface area contributed by atoms with Crippen molar-refractivity contribution in [1.29, 1.82) is 0 Å². The number of rotatable bonds is 5. The van der Waals surface area contributed by atoms with Gasteiger partial charge in [-0.25, -0.2) is 0 Å². The maximum absolute atomic E-state index is 11.2. The second-order valence-corrected chi connectivity index (χ2v) is 4.26. The molecule has 0 saturated carbocycles. The van der Waals surface area contributed by atoms with Crippen LogP contribution in [0.25, 0.3) is 6.08 Å². The minimum absolute atomic E-state index is 0.00699. The molecule has 0 aromatic heterocycles. The molecule has 0 amide bonds.